The number of aryl methyl sites for hydroxylation is 3. The standard InChI is InChI=1S/C24H27NO3/c1-4-13-28-20-14-17-7-5-6-8-19(17)22-23(20)25-15(2)21(24(22)26)16-9-11-18(27-3)12-10-16/h9-12,14H,4-8,13H2,1-3H3,(H,25,26). The van der Waals surface area contributed by atoms with Gasteiger partial charge < -0.3 is 14.5 Å². The average Bonchev–Trinajstić information content (AvgIpc) is 2.72. The Labute approximate surface area is 165 Å². The van der Waals surface area contributed by atoms with Crippen molar-refractivity contribution >= 4 is 10.9 Å². The molecule has 4 heteroatoms. The van der Waals surface area contributed by atoms with Crippen LogP contribution in [0, 0.1) is 6.92 Å². The third-order valence-electron chi connectivity index (χ3n) is 5.60. The van der Waals surface area contributed by atoms with Crippen LogP contribution in [0.3, 0.4) is 0 Å². The molecular weight excluding hydrogens is 350 g/mol. The highest BCUT2D eigenvalue weighted by Crippen LogP contribution is 2.35. The number of fused-ring (bicyclic) bond motifs is 3. The number of aromatic nitrogens is 1. The molecule has 4 nitrogen and oxygen atoms in total. The monoisotopic (exact) mass is 377 g/mol. The van der Waals surface area contributed by atoms with Gasteiger partial charge in [-0.1, -0.05) is 19.1 Å². The van der Waals surface area contributed by atoms with Crippen molar-refractivity contribution in [2.24, 2.45) is 0 Å². The Morgan fingerprint density at radius 3 is 2.57 bits per heavy atom. The van der Waals surface area contributed by atoms with E-state index >= 15 is 0 Å². The minimum absolute atomic E-state index is 0.0940. The minimum Gasteiger partial charge on any atom is -0.497 e. The normalized spacial score (nSPS) is 13.4. The first-order valence-electron chi connectivity index (χ1n) is 10.1. The molecule has 0 aliphatic heterocycles. The summed E-state index contributed by atoms with van der Waals surface area (Å²) in [6, 6.07) is 9.84. The van der Waals surface area contributed by atoms with E-state index in [2.05, 4.69) is 18.0 Å². The predicted molar refractivity (Wildman–Crippen MR) is 114 cm³/mol. The average molecular weight is 377 g/mol. The third kappa shape index (κ3) is 3.17. The van der Waals surface area contributed by atoms with Crippen molar-refractivity contribution in [3.63, 3.8) is 0 Å². The first-order valence-corrected chi connectivity index (χ1v) is 10.1. The molecule has 0 radical (unpaired) electrons. The van der Waals surface area contributed by atoms with E-state index in [1.54, 1.807) is 7.11 Å². The Morgan fingerprint density at radius 1 is 1.11 bits per heavy atom. The Balaban J connectivity index is 1.99. The number of pyridine rings is 1. The van der Waals surface area contributed by atoms with Gasteiger partial charge in [0.15, 0.2) is 5.43 Å². The summed E-state index contributed by atoms with van der Waals surface area (Å²) in [6.45, 7) is 4.70. The number of hydrogen-bond acceptors (Lipinski definition) is 3. The van der Waals surface area contributed by atoms with Gasteiger partial charge in [0.2, 0.25) is 0 Å². The van der Waals surface area contributed by atoms with Crippen LogP contribution in [0.2, 0.25) is 0 Å². The molecule has 1 aromatic heterocycles. The van der Waals surface area contributed by atoms with Gasteiger partial charge in [-0.25, -0.2) is 0 Å². The Morgan fingerprint density at radius 2 is 1.86 bits per heavy atom. The molecule has 0 bridgehead atoms. The van der Waals surface area contributed by atoms with Gasteiger partial charge in [-0.3, -0.25) is 4.79 Å². The summed E-state index contributed by atoms with van der Waals surface area (Å²) in [5.74, 6) is 1.59. The van der Waals surface area contributed by atoms with Crippen LogP contribution in [0.1, 0.15) is 43.0 Å². The summed E-state index contributed by atoms with van der Waals surface area (Å²) in [6.07, 6.45) is 5.20. The van der Waals surface area contributed by atoms with E-state index in [-0.39, 0.29) is 5.43 Å². The van der Waals surface area contributed by atoms with Crippen molar-refractivity contribution in [1.29, 1.82) is 0 Å². The van der Waals surface area contributed by atoms with Gasteiger partial charge in [-0.15, -0.1) is 0 Å². The summed E-state index contributed by atoms with van der Waals surface area (Å²) in [5, 5.41) is 0.805. The number of hydrogen-bond donors (Lipinski definition) is 1. The molecule has 1 N–H and O–H groups in total. The van der Waals surface area contributed by atoms with Crippen molar-refractivity contribution in [2.75, 3.05) is 13.7 Å². The van der Waals surface area contributed by atoms with Gasteiger partial charge in [0, 0.05) is 11.3 Å². The second kappa shape index (κ2) is 7.70. The highest BCUT2D eigenvalue weighted by molar-refractivity contribution is 5.92. The smallest absolute Gasteiger partial charge is 0.197 e. The highest BCUT2D eigenvalue weighted by Gasteiger charge is 2.22. The number of H-pyrrole nitrogens is 1. The number of ether oxygens (including phenoxy) is 2. The molecule has 1 aliphatic rings. The first kappa shape index (κ1) is 18.6. The molecular formula is C24H27NO3. The Hall–Kier alpha value is -2.75. The summed E-state index contributed by atoms with van der Waals surface area (Å²) in [4.78, 5) is 17.2. The molecule has 0 saturated heterocycles. The second-order valence-corrected chi connectivity index (χ2v) is 7.50. The summed E-state index contributed by atoms with van der Waals surface area (Å²) in [7, 11) is 1.65. The van der Waals surface area contributed by atoms with Gasteiger partial charge in [0.1, 0.15) is 11.5 Å². The van der Waals surface area contributed by atoms with Gasteiger partial charge >= 0.3 is 0 Å². The zero-order chi connectivity index (χ0) is 19.7. The van der Waals surface area contributed by atoms with Crippen molar-refractivity contribution in [3.05, 3.63) is 57.4 Å². The lowest BCUT2D eigenvalue weighted by Gasteiger charge is -2.21. The molecule has 146 valence electrons. The van der Waals surface area contributed by atoms with Gasteiger partial charge in [0.05, 0.1) is 24.6 Å². The number of nitrogens with one attached hydrogen (secondary N) is 1. The Kier molecular flexibility index (Phi) is 5.12. The number of methoxy groups -OCH3 is 1. The van der Waals surface area contributed by atoms with Crippen molar-refractivity contribution in [3.8, 4) is 22.6 Å². The van der Waals surface area contributed by atoms with Crippen molar-refractivity contribution in [1.82, 2.24) is 4.98 Å². The van der Waals surface area contributed by atoms with Crippen LogP contribution in [0.15, 0.2) is 35.1 Å². The summed E-state index contributed by atoms with van der Waals surface area (Å²) in [5.41, 5.74) is 5.90. The van der Waals surface area contributed by atoms with E-state index in [0.29, 0.717) is 6.61 Å². The summed E-state index contributed by atoms with van der Waals surface area (Å²) < 4.78 is 11.3. The van der Waals surface area contributed by atoms with E-state index in [0.717, 1.165) is 64.9 Å². The SMILES string of the molecule is CCCOc1cc2c(c3c(=O)c(-c4ccc(OC)cc4)c(C)[nH]c13)CCCC2. The Bertz CT molecular complexity index is 1060. The van der Waals surface area contributed by atoms with Crippen molar-refractivity contribution < 1.29 is 9.47 Å². The van der Waals surface area contributed by atoms with Gasteiger partial charge in [-0.2, -0.15) is 0 Å². The van der Waals surface area contributed by atoms with E-state index < -0.39 is 0 Å². The molecule has 2 aromatic carbocycles. The third-order valence-corrected chi connectivity index (χ3v) is 5.60. The fourth-order valence-electron chi connectivity index (χ4n) is 4.23. The number of rotatable bonds is 5. The summed E-state index contributed by atoms with van der Waals surface area (Å²) >= 11 is 0. The lowest BCUT2D eigenvalue weighted by atomic mass is 9.87. The molecule has 1 heterocycles. The maximum Gasteiger partial charge on any atom is 0.197 e. The molecule has 1 aliphatic carbocycles. The van der Waals surface area contributed by atoms with Crippen LogP contribution in [0.5, 0.6) is 11.5 Å². The number of benzene rings is 2. The molecule has 3 aromatic rings. The largest absolute Gasteiger partial charge is 0.497 e. The van der Waals surface area contributed by atoms with Crippen LogP contribution in [0.25, 0.3) is 22.0 Å². The van der Waals surface area contributed by atoms with Crippen LogP contribution >= 0.6 is 0 Å². The van der Waals surface area contributed by atoms with Gasteiger partial charge in [0.25, 0.3) is 0 Å². The molecule has 0 atom stereocenters. The molecule has 4 rings (SSSR count). The minimum atomic E-state index is 0.0940. The molecule has 0 unspecified atom stereocenters. The quantitative estimate of drug-likeness (QED) is 0.666. The van der Waals surface area contributed by atoms with E-state index in [1.807, 2.05) is 31.2 Å². The maximum atomic E-state index is 13.7. The van der Waals surface area contributed by atoms with Gasteiger partial charge in [-0.05, 0) is 73.9 Å². The predicted octanol–water partition coefficient (Wildman–Crippen LogP) is 5.18. The highest BCUT2D eigenvalue weighted by atomic mass is 16.5. The lowest BCUT2D eigenvalue weighted by molar-refractivity contribution is 0.320. The van der Waals surface area contributed by atoms with Crippen LogP contribution < -0.4 is 14.9 Å². The fraction of sp³-hybridized carbons (Fsp3) is 0.375. The lowest BCUT2D eigenvalue weighted by Crippen LogP contribution is -2.16. The van der Waals surface area contributed by atoms with E-state index in [4.69, 9.17) is 9.47 Å². The molecule has 0 fully saturated rings. The van der Waals surface area contributed by atoms with E-state index in [9.17, 15) is 4.79 Å². The topological polar surface area (TPSA) is 51.3 Å². The maximum absolute atomic E-state index is 13.7. The first-order chi connectivity index (χ1) is 13.6. The van der Waals surface area contributed by atoms with Crippen molar-refractivity contribution in [2.45, 2.75) is 46.0 Å². The molecule has 28 heavy (non-hydrogen) atoms. The van der Waals surface area contributed by atoms with Crippen LogP contribution in [-0.2, 0) is 12.8 Å². The molecule has 0 amide bonds. The van der Waals surface area contributed by atoms with Crippen LogP contribution in [-0.4, -0.2) is 18.7 Å². The van der Waals surface area contributed by atoms with Crippen LogP contribution in [0.4, 0.5) is 0 Å². The molecule has 0 spiro atoms. The zero-order valence-electron chi connectivity index (χ0n) is 16.9. The second-order valence-electron chi connectivity index (χ2n) is 7.50. The zero-order valence-corrected chi connectivity index (χ0v) is 16.9. The van der Waals surface area contributed by atoms with E-state index in [1.165, 1.54) is 17.5 Å². The molecule has 0 saturated carbocycles. The fourth-order valence-corrected chi connectivity index (χ4v) is 4.23. The number of aromatic amines is 1.